The summed E-state index contributed by atoms with van der Waals surface area (Å²) in [4.78, 5) is 8.24. The Balaban J connectivity index is 2.41. The average Bonchev–Trinajstić information content (AvgIpc) is 2.32. The van der Waals surface area contributed by atoms with Crippen molar-refractivity contribution >= 4 is 11.6 Å². The first-order valence-electron chi connectivity index (χ1n) is 5.82. The average molecular weight is 263 g/mol. The summed E-state index contributed by atoms with van der Waals surface area (Å²) in [6.07, 6.45) is 1.62. The zero-order chi connectivity index (χ0) is 13.1. The Morgan fingerprint density at radius 3 is 2.72 bits per heavy atom. The summed E-state index contributed by atoms with van der Waals surface area (Å²) in [6.45, 7) is 5.91. The molecule has 18 heavy (non-hydrogen) atoms. The molecule has 2 aromatic rings. The number of hydrogen-bond acceptors (Lipinski definition) is 3. The first-order chi connectivity index (χ1) is 8.58. The minimum atomic E-state index is 0.148. The first kappa shape index (κ1) is 12.8. The van der Waals surface area contributed by atoms with Gasteiger partial charge >= 0.3 is 0 Å². The Morgan fingerprint density at radius 1 is 1.22 bits per heavy atom. The Hall–Kier alpha value is -1.61. The van der Waals surface area contributed by atoms with E-state index < -0.39 is 0 Å². The second-order valence-electron chi connectivity index (χ2n) is 4.33. The lowest BCUT2D eigenvalue weighted by Crippen LogP contribution is -2.05. The van der Waals surface area contributed by atoms with Crippen LogP contribution in [0.25, 0.3) is 11.3 Å². The molecule has 0 unspecified atom stereocenters. The fourth-order valence-electron chi connectivity index (χ4n) is 1.71. The molecule has 0 amide bonds. The molecule has 0 N–H and O–H groups in total. The molecule has 0 aliphatic heterocycles. The van der Waals surface area contributed by atoms with Crippen molar-refractivity contribution in [3.05, 3.63) is 41.3 Å². The van der Waals surface area contributed by atoms with Crippen molar-refractivity contribution in [1.82, 2.24) is 9.97 Å². The van der Waals surface area contributed by atoms with Crippen molar-refractivity contribution < 1.29 is 4.74 Å². The first-order valence-corrected chi connectivity index (χ1v) is 6.20. The summed E-state index contributed by atoms with van der Waals surface area (Å²) >= 11 is 6.01. The molecule has 0 saturated carbocycles. The Morgan fingerprint density at radius 2 is 2.00 bits per heavy atom. The number of ether oxygens (including phenoxy) is 1. The maximum atomic E-state index is 6.01. The lowest BCUT2D eigenvalue weighted by Gasteiger charge is -2.11. The van der Waals surface area contributed by atoms with Crippen LogP contribution in [0.1, 0.15) is 19.4 Å². The summed E-state index contributed by atoms with van der Waals surface area (Å²) in [5, 5.41) is 0.482. The van der Waals surface area contributed by atoms with Crippen molar-refractivity contribution in [3.63, 3.8) is 0 Å². The van der Waals surface area contributed by atoms with E-state index in [2.05, 4.69) is 9.97 Å². The molecule has 0 bridgehead atoms. The number of aromatic nitrogens is 2. The van der Waals surface area contributed by atoms with Gasteiger partial charge in [0.15, 0.2) is 0 Å². The number of nitrogens with zero attached hydrogens (tertiary/aromatic N) is 2. The molecule has 0 atom stereocenters. The minimum Gasteiger partial charge on any atom is -0.491 e. The van der Waals surface area contributed by atoms with Gasteiger partial charge < -0.3 is 4.74 Å². The highest BCUT2D eigenvalue weighted by Gasteiger charge is 2.08. The van der Waals surface area contributed by atoms with Gasteiger partial charge in [0.2, 0.25) is 0 Å². The van der Waals surface area contributed by atoms with Crippen molar-refractivity contribution in [2.75, 3.05) is 0 Å². The molecule has 1 heterocycles. The summed E-state index contributed by atoms with van der Waals surface area (Å²) in [5.74, 6) is 0.830. The van der Waals surface area contributed by atoms with Crippen LogP contribution in [0.15, 0.2) is 30.6 Å². The Kier molecular flexibility index (Phi) is 3.82. The van der Waals surface area contributed by atoms with Crippen LogP contribution in [0.4, 0.5) is 0 Å². The summed E-state index contributed by atoms with van der Waals surface area (Å²) in [5.41, 5.74) is 2.69. The normalized spacial score (nSPS) is 10.7. The Bertz CT molecular complexity index is 555. The maximum absolute atomic E-state index is 6.01. The SMILES string of the molecule is Cc1c(Cl)ncnc1-c1cccc(OC(C)C)c1. The number of rotatable bonds is 3. The third-order valence-electron chi connectivity index (χ3n) is 2.50. The lowest BCUT2D eigenvalue weighted by molar-refractivity contribution is 0.242. The van der Waals surface area contributed by atoms with Gasteiger partial charge in [-0.1, -0.05) is 23.7 Å². The van der Waals surface area contributed by atoms with Gasteiger partial charge in [-0.05, 0) is 32.9 Å². The molecule has 1 aromatic heterocycles. The van der Waals surface area contributed by atoms with Crippen LogP contribution in [0.5, 0.6) is 5.75 Å². The fraction of sp³-hybridized carbons (Fsp3) is 0.286. The van der Waals surface area contributed by atoms with Gasteiger partial charge in [-0.2, -0.15) is 0 Å². The second kappa shape index (κ2) is 5.36. The molecule has 1 aromatic carbocycles. The standard InChI is InChI=1S/C14H15ClN2O/c1-9(2)18-12-6-4-5-11(7-12)13-10(3)14(15)17-8-16-13/h4-9H,1-3H3. The van der Waals surface area contributed by atoms with Crippen LogP contribution < -0.4 is 4.74 Å². The van der Waals surface area contributed by atoms with Gasteiger partial charge in [0, 0.05) is 11.1 Å². The van der Waals surface area contributed by atoms with E-state index in [1.165, 1.54) is 6.33 Å². The highest BCUT2D eigenvalue weighted by molar-refractivity contribution is 6.30. The van der Waals surface area contributed by atoms with E-state index in [9.17, 15) is 0 Å². The zero-order valence-electron chi connectivity index (χ0n) is 10.6. The van der Waals surface area contributed by atoms with Crippen molar-refractivity contribution in [2.24, 2.45) is 0 Å². The van der Waals surface area contributed by atoms with Gasteiger partial charge in [-0.25, -0.2) is 9.97 Å². The molecule has 2 rings (SSSR count). The predicted molar refractivity (Wildman–Crippen MR) is 73.0 cm³/mol. The molecular weight excluding hydrogens is 248 g/mol. The number of benzene rings is 1. The molecule has 4 heteroatoms. The van der Waals surface area contributed by atoms with E-state index >= 15 is 0 Å². The second-order valence-corrected chi connectivity index (χ2v) is 4.69. The van der Waals surface area contributed by atoms with Crippen LogP contribution >= 0.6 is 11.6 Å². The smallest absolute Gasteiger partial charge is 0.135 e. The number of halogens is 1. The molecule has 0 saturated heterocycles. The highest BCUT2D eigenvalue weighted by Crippen LogP contribution is 2.27. The van der Waals surface area contributed by atoms with E-state index in [1.54, 1.807) is 0 Å². The van der Waals surface area contributed by atoms with Crippen molar-refractivity contribution in [2.45, 2.75) is 26.9 Å². The third-order valence-corrected chi connectivity index (χ3v) is 2.88. The largest absolute Gasteiger partial charge is 0.491 e. The van der Waals surface area contributed by atoms with E-state index in [0.717, 1.165) is 22.6 Å². The third kappa shape index (κ3) is 2.79. The van der Waals surface area contributed by atoms with Crippen molar-refractivity contribution in [1.29, 1.82) is 0 Å². The predicted octanol–water partition coefficient (Wildman–Crippen LogP) is 3.89. The van der Waals surface area contributed by atoms with Crippen LogP contribution in [0.3, 0.4) is 0 Å². The van der Waals surface area contributed by atoms with Crippen molar-refractivity contribution in [3.8, 4) is 17.0 Å². The number of hydrogen-bond donors (Lipinski definition) is 0. The molecular formula is C14H15ClN2O. The highest BCUT2D eigenvalue weighted by atomic mass is 35.5. The topological polar surface area (TPSA) is 35.0 Å². The van der Waals surface area contributed by atoms with Crippen LogP contribution in [0.2, 0.25) is 5.15 Å². The minimum absolute atomic E-state index is 0.148. The van der Waals surface area contributed by atoms with Gasteiger partial charge in [0.1, 0.15) is 17.2 Å². The molecule has 0 fully saturated rings. The summed E-state index contributed by atoms with van der Waals surface area (Å²) in [7, 11) is 0. The Labute approximate surface area is 112 Å². The fourth-order valence-corrected chi connectivity index (χ4v) is 1.84. The van der Waals surface area contributed by atoms with Crippen LogP contribution in [-0.2, 0) is 0 Å². The van der Waals surface area contributed by atoms with Gasteiger partial charge in [0.05, 0.1) is 11.8 Å². The van der Waals surface area contributed by atoms with Gasteiger partial charge in [-0.15, -0.1) is 0 Å². The lowest BCUT2D eigenvalue weighted by atomic mass is 10.1. The molecule has 0 aliphatic rings. The van der Waals surface area contributed by atoms with Crippen LogP contribution in [-0.4, -0.2) is 16.1 Å². The summed E-state index contributed by atoms with van der Waals surface area (Å²) in [6, 6.07) is 7.83. The van der Waals surface area contributed by atoms with E-state index in [1.807, 2.05) is 45.0 Å². The molecule has 0 radical (unpaired) electrons. The molecule has 94 valence electrons. The van der Waals surface area contributed by atoms with E-state index in [-0.39, 0.29) is 6.10 Å². The zero-order valence-corrected chi connectivity index (χ0v) is 11.4. The molecule has 3 nitrogen and oxygen atoms in total. The molecule has 0 spiro atoms. The van der Waals surface area contributed by atoms with Gasteiger partial charge in [-0.3, -0.25) is 0 Å². The monoisotopic (exact) mass is 262 g/mol. The maximum Gasteiger partial charge on any atom is 0.135 e. The van der Waals surface area contributed by atoms with Crippen LogP contribution in [0, 0.1) is 6.92 Å². The van der Waals surface area contributed by atoms with Gasteiger partial charge in [0.25, 0.3) is 0 Å². The summed E-state index contributed by atoms with van der Waals surface area (Å²) < 4.78 is 5.67. The molecule has 0 aliphatic carbocycles. The van der Waals surface area contributed by atoms with E-state index in [4.69, 9.17) is 16.3 Å². The quantitative estimate of drug-likeness (QED) is 0.787. The van der Waals surface area contributed by atoms with E-state index in [0.29, 0.717) is 5.15 Å².